The Hall–Kier alpha value is -14.2. The molecule has 18 aromatic carbocycles. The Morgan fingerprint density at radius 1 is 0.175 bits per heavy atom. The molecule has 0 atom stereocenters. The Balaban J connectivity index is 0.0000000934. The SMILES string of the molecule is Cc1ccc2c(c1)C1(c3ccccc3-c3ccccc31)c1ccccc1-2.Cc1ccc2c(c1)c1ccc(-c3ccccc3)cc1n2-c1ccccc1.Cc1ccc2c(c1)c1ccccc1n2-c1ccccc1.Cc1ccc2c(c1)sc1ccccc12.Cc1ccc2c3ccccc3n(-c3ccccc3)c2c1.Cc1ccc2sc3ccccc3c2c1. The fourth-order valence-electron chi connectivity index (χ4n) is 18.6. The first kappa shape index (κ1) is 74.6. The number of thiophene rings is 2. The van der Waals surface area contributed by atoms with E-state index in [-0.39, 0.29) is 5.41 Å². The molecule has 1 spiro atoms. The van der Waals surface area contributed by atoms with E-state index in [0.717, 1.165) is 0 Å². The molecule has 25 rings (SSSR count). The number of benzene rings is 18. The predicted molar refractivity (Wildman–Crippen MR) is 518 cm³/mol. The van der Waals surface area contributed by atoms with Gasteiger partial charge in [0.25, 0.3) is 0 Å². The molecule has 23 aromatic rings. The van der Waals surface area contributed by atoms with Crippen LogP contribution >= 0.6 is 22.7 Å². The largest absolute Gasteiger partial charge is 0.309 e. The van der Waals surface area contributed by atoms with E-state index in [1.807, 2.05) is 22.7 Å². The van der Waals surface area contributed by atoms with Gasteiger partial charge in [0.15, 0.2) is 0 Å². The van der Waals surface area contributed by atoms with Crippen LogP contribution in [-0.4, -0.2) is 13.7 Å². The highest BCUT2D eigenvalue weighted by atomic mass is 32.1. The number of aryl methyl sites for hydroxylation is 6. The molecule has 5 heteroatoms. The van der Waals surface area contributed by atoms with Gasteiger partial charge in [0.05, 0.1) is 38.5 Å². The number of hydrogen-bond donors (Lipinski definition) is 0. The number of aromatic nitrogens is 3. The topological polar surface area (TPSA) is 14.8 Å². The predicted octanol–water partition coefficient (Wildman–Crippen LogP) is 32.0. The molecule has 120 heavy (non-hydrogen) atoms. The Bertz CT molecular complexity index is 7710. The van der Waals surface area contributed by atoms with Crippen molar-refractivity contribution in [2.75, 3.05) is 0 Å². The number of para-hydroxylation sites is 5. The van der Waals surface area contributed by atoms with Crippen LogP contribution in [0.3, 0.4) is 0 Å². The van der Waals surface area contributed by atoms with E-state index in [1.165, 1.54) is 212 Å². The second-order valence-electron chi connectivity index (χ2n) is 31.8. The second-order valence-corrected chi connectivity index (χ2v) is 34.0. The number of hydrogen-bond acceptors (Lipinski definition) is 2. The third-order valence-electron chi connectivity index (χ3n) is 23.9. The van der Waals surface area contributed by atoms with Crippen LogP contribution in [0, 0.1) is 41.5 Å². The third kappa shape index (κ3) is 13.4. The molecule has 3 nitrogen and oxygen atoms in total. The van der Waals surface area contributed by atoms with Crippen molar-refractivity contribution in [1.82, 2.24) is 13.7 Å². The summed E-state index contributed by atoms with van der Waals surface area (Å²) in [5.41, 5.74) is 32.5. The summed E-state index contributed by atoms with van der Waals surface area (Å²) in [6, 6.07) is 151. The number of fused-ring (bicyclic) bond motifs is 25. The summed E-state index contributed by atoms with van der Waals surface area (Å²) in [5, 5.41) is 13.4. The molecule has 0 unspecified atom stereocenters. The van der Waals surface area contributed by atoms with Gasteiger partial charge in [-0.05, 0) is 224 Å². The van der Waals surface area contributed by atoms with Crippen molar-refractivity contribution in [3.63, 3.8) is 0 Å². The lowest BCUT2D eigenvalue weighted by Gasteiger charge is -2.30. The molecule has 0 saturated heterocycles. The van der Waals surface area contributed by atoms with Gasteiger partial charge >= 0.3 is 0 Å². The highest BCUT2D eigenvalue weighted by Crippen LogP contribution is 2.63. The van der Waals surface area contributed by atoms with Crippen LogP contribution in [-0.2, 0) is 5.41 Å². The van der Waals surface area contributed by atoms with Crippen molar-refractivity contribution in [1.29, 1.82) is 0 Å². The maximum Gasteiger partial charge on any atom is 0.0725 e. The molecule has 2 aliphatic rings. The summed E-state index contributed by atoms with van der Waals surface area (Å²) < 4.78 is 12.6. The van der Waals surface area contributed by atoms with Crippen molar-refractivity contribution in [2.45, 2.75) is 47.0 Å². The van der Waals surface area contributed by atoms with Crippen LogP contribution in [0.15, 0.2) is 419 Å². The maximum atomic E-state index is 2.40. The molecule has 0 amide bonds. The van der Waals surface area contributed by atoms with Gasteiger partial charge in [-0.3, -0.25) is 0 Å². The summed E-state index contributed by atoms with van der Waals surface area (Å²) in [6.45, 7) is 12.9. The first-order chi connectivity index (χ1) is 59.0. The lowest BCUT2D eigenvalue weighted by Crippen LogP contribution is -2.25. The smallest absolute Gasteiger partial charge is 0.0725 e. The Labute approximate surface area is 708 Å². The lowest BCUT2D eigenvalue weighted by atomic mass is 9.70. The van der Waals surface area contributed by atoms with Gasteiger partial charge in [0.1, 0.15) is 0 Å². The molecule has 5 heterocycles. The van der Waals surface area contributed by atoms with Crippen LogP contribution in [0.1, 0.15) is 55.6 Å². The molecule has 0 saturated carbocycles. The standard InChI is InChI=1S/C26H18.C25H19N.2C19H15N.2C13H10S/c1-17-14-15-21-20-10-4-7-13-24(20)26(25(21)16-17)22-11-5-2-8-18(22)19-9-3-6-12-23(19)26;1-18-12-15-24-23(16-18)22-14-13-20(19-8-4-2-5-9-19)17-25(22)26(24)21-10-6-3-7-11-21;1-14-11-12-19-17(13-14)16-9-5-6-10-18(16)20(19)15-7-3-2-4-8-15;1-14-11-12-17-16-9-5-6-10-18(16)20(19(17)13-14)15-7-3-2-4-8-15;1-9-6-7-13-11(8-9)10-4-2-3-5-12(10)14-13;1-9-6-7-11-10-4-2-3-5-12(10)14-13(11)8-9/h2-16H,1H3;2-17H,1H3;2*2-13H,1H3;2*2-8H,1H3. The van der Waals surface area contributed by atoms with Gasteiger partial charge in [-0.1, -0.05) is 326 Å². The first-order valence-electron chi connectivity index (χ1n) is 41.4. The van der Waals surface area contributed by atoms with Crippen molar-refractivity contribution < 1.29 is 0 Å². The lowest BCUT2D eigenvalue weighted by molar-refractivity contribution is 0.792. The van der Waals surface area contributed by atoms with Crippen molar-refractivity contribution in [3.8, 4) is 50.4 Å². The quantitative estimate of drug-likeness (QED) is 0.167. The molecular formula is C115H87N3S2. The van der Waals surface area contributed by atoms with E-state index < -0.39 is 0 Å². The second kappa shape index (κ2) is 31.7. The van der Waals surface area contributed by atoms with Gasteiger partial charge in [0.2, 0.25) is 0 Å². The summed E-state index contributed by atoms with van der Waals surface area (Å²) in [4.78, 5) is 0. The molecule has 5 aromatic heterocycles. The van der Waals surface area contributed by atoms with E-state index >= 15 is 0 Å². The van der Waals surface area contributed by atoms with Crippen LogP contribution < -0.4 is 0 Å². The van der Waals surface area contributed by atoms with E-state index in [2.05, 4.69) is 474 Å². The average Bonchev–Trinajstić information content (AvgIpc) is 1.51. The van der Waals surface area contributed by atoms with E-state index in [9.17, 15) is 0 Å². The molecule has 0 fully saturated rings. The van der Waals surface area contributed by atoms with Crippen LogP contribution in [0.4, 0.5) is 0 Å². The first-order valence-corrected chi connectivity index (χ1v) is 43.1. The summed E-state index contributed by atoms with van der Waals surface area (Å²) in [7, 11) is 0. The van der Waals surface area contributed by atoms with Gasteiger partial charge in [0, 0.05) is 89.7 Å². The summed E-state index contributed by atoms with van der Waals surface area (Å²) >= 11 is 3.75. The van der Waals surface area contributed by atoms with Crippen molar-refractivity contribution >= 4 is 128 Å². The number of rotatable bonds is 4. The molecular weight excluding hydrogens is 1490 g/mol. The Morgan fingerprint density at radius 2 is 0.492 bits per heavy atom. The van der Waals surface area contributed by atoms with Gasteiger partial charge in [-0.15, -0.1) is 22.7 Å². The molecule has 574 valence electrons. The maximum absolute atomic E-state index is 2.40. The normalized spacial score (nSPS) is 12.0. The Morgan fingerprint density at radius 3 is 1.03 bits per heavy atom. The highest BCUT2D eigenvalue weighted by molar-refractivity contribution is 7.26. The van der Waals surface area contributed by atoms with E-state index in [1.54, 1.807) is 0 Å². The van der Waals surface area contributed by atoms with Crippen molar-refractivity contribution in [3.05, 3.63) is 474 Å². The average molecular weight is 1580 g/mol. The van der Waals surface area contributed by atoms with Gasteiger partial charge in [-0.25, -0.2) is 0 Å². The Kier molecular flexibility index (Phi) is 19.7. The van der Waals surface area contributed by atoms with E-state index in [0.29, 0.717) is 0 Å². The fourth-order valence-corrected chi connectivity index (χ4v) is 20.9. The number of nitrogens with zero attached hydrogens (tertiary/aromatic N) is 3. The van der Waals surface area contributed by atoms with Gasteiger partial charge < -0.3 is 13.7 Å². The minimum atomic E-state index is -0.189. The highest BCUT2D eigenvalue weighted by Gasteiger charge is 2.51. The molecule has 0 aliphatic heterocycles. The minimum absolute atomic E-state index is 0.189. The summed E-state index contributed by atoms with van der Waals surface area (Å²) in [6.07, 6.45) is 0. The van der Waals surface area contributed by atoms with Gasteiger partial charge in [-0.2, -0.15) is 0 Å². The summed E-state index contributed by atoms with van der Waals surface area (Å²) in [5.74, 6) is 0. The zero-order valence-corrected chi connectivity index (χ0v) is 69.6. The van der Waals surface area contributed by atoms with E-state index in [4.69, 9.17) is 0 Å². The minimum Gasteiger partial charge on any atom is -0.309 e. The zero-order valence-electron chi connectivity index (χ0n) is 68.0. The monoisotopic (exact) mass is 1570 g/mol. The molecule has 2 aliphatic carbocycles. The molecule has 0 radical (unpaired) electrons. The van der Waals surface area contributed by atoms with Crippen LogP contribution in [0.25, 0.3) is 156 Å². The van der Waals surface area contributed by atoms with Crippen LogP contribution in [0.2, 0.25) is 0 Å². The van der Waals surface area contributed by atoms with Crippen molar-refractivity contribution in [2.24, 2.45) is 0 Å². The molecule has 0 N–H and O–H groups in total. The fraction of sp³-hybridized carbons (Fsp3) is 0.0609. The zero-order chi connectivity index (χ0) is 81.0. The molecule has 0 bridgehead atoms. The third-order valence-corrected chi connectivity index (χ3v) is 26.2. The van der Waals surface area contributed by atoms with Crippen LogP contribution in [0.5, 0.6) is 0 Å².